The van der Waals surface area contributed by atoms with Gasteiger partial charge in [0.15, 0.2) is 0 Å². The molecule has 0 saturated heterocycles. The maximum Gasteiger partial charge on any atom is 0.241 e. The first kappa shape index (κ1) is 16.7. The van der Waals surface area contributed by atoms with E-state index in [9.17, 15) is 8.42 Å². The van der Waals surface area contributed by atoms with Gasteiger partial charge in [0.2, 0.25) is 10.0 Å². The lowest BCUT2D eigenvalue weighted by Crippen LogP contribution is -2.54. The molecule has 0 saturated carbocycles. The number of rotatable bonds is 5. The molecule has 0 amide bonds. The third-order valence-corrected chi connectivity index (χ3v) is 5.62. The predicted molar refractivity (Wildman–Crippen MR) is 79.1 cm³/mol. The molecule has 19 heavy (non-hydrogen) atoms. The van der Waals surface area contributed by atoms with Crippen LogP contribution in [0.3, 0.4) is 0 Å². The van der Waals surface area contributed by atoms with Crippen LogP contribution in [0.15, 0.2) is 23.1 Å². The summed E-state index contributed by atoms with van der Waals surface area (Å²) in [6.07, 6.45) is 0. The van der Waals surface area contributed by atoms with Gasteiger partial charge in [-0.05, 0) is 31.0 Å². The lowest BCUT2D eigenvalue weighted by atomic mass is 9.90. The highest BCUT2D eigenvalue weighted by atomic mass is 35.5. The third kappa shape index (κ3) is 3.83. The summed E-state index contributed by atoms with van der Waals surface area (Å²) in [6.45, 7) is 5.78. The average Bonchev–Trinajstić information content (AvgIpc) is 2.31. The fraction of sp³-hybridized carbons (Fsp3) is 0.500. The quantitative estimate of drug-likeness (QED) is 0.874. The predicted octanol–water partition coefficient (Wildman–Crippen LogP) is 2.65. The zero-order valence-electron chi connectivity index (χ0n) is 11.1. The van der Waals surface area contributed by atoms with Crippen molar-refractivity contribution in [2.24, 2.45) is 11.7 Å². The molecule has 0 bridgehead atoms. The van der Waals surface area contributed by atoms with Crippen molar-refractivity contribution in [2.45, 2.75) is 31.2 Å². The average molecular weight is 325 g/mol. The van der Waals surface area contributed by atoms with Gasteiger partial charge in [-0.1, -0.05) is 37.0 Å². The van der Waals surface area contributed by atoms with E-state index in [1.54, 1.807) is 6.92 Å². The van der Waals surface area contributed by atoms with Crippen LogP contribution >= 0.6 is 23.2 Å². The smallest absolute Gasteiger partial charge is 0.241 e. The van der Waals surface area contributed by atoms with Crippen LogP contribution in [-0.2, 0) is 10.0 Å². The Kier molecular flexibility index (Phi) is 5.26. The summed E-state index contributed by atoms with van der Waals surface area (Å²) in [5.41, 5.74) is 4.96. The summed E-state index contributed by atoms with van der Waals surface area (Å²) in [5.74, 6) is 0.0510. The van der Waals surface area contributed by atoms with E-state index in [1.165, 1.54) is 18.2 Å². The van der Waals surface area contributed by atoms with Crippen molar-refractivity contribution in [3.8, 4) is 0 Å². The summed E-state index contributed by atoms with van der Waals surface area (Å²) >= 11 is 11.6. The van der Waals surface area contributed by atoms with Crippen LogP contribution in [0.25, 0.3) is 0 Å². The molecule has 0 aliphatic carbocycles. The van der Waals surface area contributed by atoms with Crippen LogP contribution in [-0.4, -0.2) is 20.5 Å². The van der Waals surface area contributed by atoms with Crippen LogP contribution in [0.2, 0.25) is 10.0 Å². The Balaban J connectivity index is 3.14. The largest absolute Gasteiger partial charge is 0.329 e. The van der Waals surface area contributed by atoms with Crippen molar-refractivity contribution in [2.75, 3.05) is 6.54 Å². The van der Waals surface area contributed by atoms with Gasteiger partial charge in [0.1, 0.15) is 0 Å². The van der Waals surface area contributed by atoms with E-state index >= 15 is 0 Å². The van der Waals surface area contributed by atoms with Gasteiger partial charge in [0, 0.05) is 12.1 Å². The van der Waals surface area contributed by atoms with Crippen LogP contribution in [0.5, 0.6) is 0 Å². The first-order chi connectivity index (χ1) is 8.62. The Bertz CT molecular complexity index is 561. The van der Waals surface area contributed by atoms with Crippen LogP contribution in [0, 0.1) is 5.92 Å². The molecule has 0 aromatic heterocycles. The molecule has 0 aliphatic rings. The number of sulfonamides is 1. The topological polar surface area (TPSA) is 72.2 Å². The van der Waals surface area contributed by atoms with E-state index in [2.05, 4.69) is 4.72 Å². The maximum atomic E-state index is 12.3. The molecule has 0 aliphatic heterocycles. The standard InChI is InChI=1S/C12H18Cl2N2O2S/c1-8(2)12(3,7-15)16-19(17,18)9-4-5-10(13)11(14)6-9/h4-6,8,16H,7,15H2,1-3H3. The lowest BCUT2D eigenvalue weighted by Gasteiger charge is -2.33. The van der Waals surface area contributed by atoms with Crippen molar-refractivity contribution in [3.63, 3.8) is 0 Å². The fourth-order valence-electron chi connectivity index (χ4n) is 1.41. The van der Waals surface area contributed by atoms with Gasteiger partial charge in [-0.15, -0.1) is 0 Å². The van der Waals surface area contributed by atoms with Crippen LogP contribution < -0.4 is 10.5 Å². The van der Waals surface area contributed by atoms with Crippen molar-refractivity contribution in [1.82, 2.24) is 4.72 Å². The number of halogens is 2. The van der Waals surface area contributed by atoms with Crippen molar-refractivity contribution >= 4 is 33.2 Å². The molecule has 1 rings (SSSR count). The number of nitrogens with two attached hydrogens (primary N) is 1. The molecule has 108 valence electrons. The zero-order valence-corrected chi connectivity index (χ0v) is 13.4. The number of benzene rings is 1. The van der Waals surface area contributed by atoms with E-state index in [0.717, 1.165) is 0 Å². The summed E-state index contributed by atoms with van der Waals surface area (Å²) in [7, 11) is -3.69. The first-order valence-corrected chi connectivity index (χ1v) is 8.05. The van der Waals surface area contributed by atoms with Crippen molar-refractivity contribution in [1.29, 1.82) is 0 Å². The SMILES string of the molecule is CC(C)C(C)(CN)NS(=O)(=O)c1ccc(Cl)c(Cl)c1. The Labute approximate surface area is 124 Å². The monoisotopic (exact) mass is 324 g/mol. The molecule has 7 heteroatoms. The second-order valence-electron chi connectivity index (χ2n) is 4.96. The Morgan fingerprint density at radius 1 is 1.32 bits per heavy atom. The zero-order chi connectivity index (χ0) is 14.8. The molecular formula is C12H18Cl2N2O2S. The van der Waals surface area contributed by atoms with E-state index in [-0.39, 0.29) is 22.4 Å². The lowest BCUT2D eigenvalue weighted by molar-refractivity contribution is 0.315. The summed E-state index contributed by atoms with van der Waals surface area (Å²) in [5, 5.41) is 0.509. The Morgan fingerprint density at radius 2 is 1.89 bits per heavy atom. The molecule has 0 spiro atoms. The third-order valence-electron chi connectivity index (χ3n) is 3.27. The van der Waals surface area contributed by atoms with Crippen molar-refractivity contribution in [3.05, 3.63) is 28.2 Å². The minimum absolute atomic E-state index is 0.0510. The molecular weight excluding hydrogens is 307 g/mol. The molecule has 1 unspecified atom stereocenters. The minimum atomic E-state index is -3.69. The molecule has 1 aromatic rings. The number of nitrogens with one attached hydrogen (secondary N) is 1. The molecule has 3 N–H and O–H groups in total. The van der Waals surface area contributed by atoms with Crippen LogP contribution in [0.4, 0.5) is 0 Å². The van der Waals surface area contributed by atoms with Gasteiger partial charge in [0.05, 0.1) is 14.9 Å². The number of hydrogen-bond donors (Lipinski definition) is 2. The van der Waals surface area contributed by atoms with Gasteiger partial charge in [-0.3, -0.25) is 0 Å². The minimum Gasteiger partial charge on any atom is -0.329 e. The highest BCUT2D eigenvalue weighted by Gasteiger charge is 2.32. The highest BCUT2D eigenvalue weighted by Crippen LogP contribution is 2.26. The fourth-order valence-corrected chi connectivity index (χ4v) is 3.34. The van der Waals surface area contributed by atoms with Gasteiger partial charge in [-0.2, -0.15) is 0 Å². The molecule has 1 aromatic carbocycles. The van der Waals surface area contributed by atoms with E-state index in [0.29, 0.717) is 5.02 Å². The van der Waals surface area contributed by atoms with E-state index in [4.69, 9.17) is 28.9 Å². The number of hydrogen-bond acceptors (Lipinski definition) is 3. The summed E-state index contributed by atoms with van der Waals surface area (Å²) < 4.78 is 27.2. The molecule has 4 nitrogen and oxygen atoms in total. The Hall–Kier alpha value is -0.330. The molecule has 1 atom stereocenters. The first-order valence-electron chi connectivity index (χ1n) is 5.81. The van der Waals surface area contributed by atoms with Gasteiger partial charge in [-0.25, -0.2) is 13.1 Å². The maximum absolute atomic E-state index is 12.3. The van der Waals surface area contributed by atoms with E-state index in [1.807, 2.05) is 13.8 Å². The molecule has 0 heterocycles. The summed E-state index contributed by atoms with van der Waals surface area (Å²) in [6, 6.07) is 4.19. The molecule has 0 fully saturated rings. The van der Waals surface area contributed by atoms with E-state index < -0.39 is 15.6 Å². The Morgan fingerprint density at radius 3 is 2.32 bits per heavy atom. The molecule has 0 radical (unpaired) electrons. The van der Waals surface area contributed by atoms with Gasteiger partial charge < -0.3 is 5.73 Å². The second-order valence-corrected chi connectivity index (χ2v) is 7.45. The van der Waals surface area contributed by atoms with Crippen LogP contribution in [0.1, 0.15) is 20.8 Å². The highest BCUT2D eigenvalue weighted by molar-refractivity contribution is 7.89. The van der Waals surface area contributed by atoms with Gasteiger partial charge >= 0.3 is 0 Å². The summed E-state index contributed by atoms with van der Waals surface area (Å²) in [4.78, 5) is 0.0715. The van der Waals surface area contributed by atoms with Crippen molar-refractivity contribution < 1.29 is 8.42 Å². The second kappa shape index (κ2) is 5.97. The van der Waals surface area contributed by atoms with Gasteiger partial charge in [0.25, 0.3) is 0 Å². The normalized spacial score (nSPS) is 15.5.